The summed E-state index contributed by atoms with van der Waals surface area (Å²) in [6, 6.07) is 0.610. The van der Waals surface area contributed by atoms with Gasteiger partial charge in [0.05, 0.1) is 4.92 Å². The van der Waals surface area contributed by atoms with Crippen LogP contribution in [0.5, 0.6) is 0 Å². The van der Waals surface area contributed by atoms with E-state index in [1.807, 2.05) is 0 Å². The minimum atomic E-state index is -4.63. The van der Waals surface area contributed by atoms with Crippen LogP contribution in [-0.4, -0.2) is 29.0 Å². The summed E-state index contributed by atoms with van der Waals surface area (Å²) in [7, 11) is 0. The molecule has 0 aromatic carbocycles. The minimum Gasteiger partial charge on any atom is -0.377 e. The second-order valence-electron chi connectivity index (χ2n) is 4.51. The van der Waals surface area contributed by atoms with E-state index in [9.17, 15) is 23.3 Å². The molecule has 6 nitrogen and oxygen atoms in total. The molecular weight excluding hydrogens is 277 g/mol. The molecule has 0 aliphatic carbocycles. The number of rotatable bonds is 3. The van der Waals surface area contributed by atoms with Crippen LogP contribution < -0.4 is 10.6 Å². The van der Waals surface area contributed by atoms with Gasteiger partial charge in [-0.05, 0) is 32.0 Å². The molecule has 1 aromatic rings. The molecule has 1 aliphatic rings. The van der Waals surface area contributed by atoms with Gasteiger partial charge in [0.1, 0.15) is 17.6 Å². The van der Waals surface area contributed by atoms with E-state index < -0.39 is 22.5 Å². The maximum atomic E-state index is 12.6. The van der Waals surface area contributed by atoms with E-state index in [0.717, 1.165) is 13.1 Å². The van der Waals surface area contributed by atoms with Crippen LogP contribution in [0, 0.1) is 10.1 Å². The number of hydrogen-bond donors (Lipinski definition) is 2. The summed E-state index contributed by atoms with van der Waals surface area (Å²) < 4.78 is 37.8. The van der Waals surface area contributed by atoms with E-state index in [4.69, 9.17) is 0 Å². The summed E-state index contributed by atoms with van der Waals surface area (Å²) in [5.74, 6) is 0. The van der Waals surface area contributed by atoms with E-state index in [1.54, 1.807) is 0 Å². The molecule has 0 amide bonds. The van der Waals surface area contributed by atoms with Crippen molar-refractivity contribution in [2.75, 3.05) is 18.4 Å². The highest BCUT2D eigenvalue weighted by atomic mass is 19.4. The van der Waals surface area contributed by atoms with Crippen LogP contribution in [0.2, 0.25) is 0 Å². The fourth-order valence-corrected chi connectivity index (χ4v) is 2.05. The smallest absolute Gasteiger partial charge is 0.377 e. The Bertz CT molecular complexity index is 501. The van der Waals surface area contributed by atoms with Crippen molar-refractivity contribution in [2.45, 2.75) is 25.1 Å². The van der Waals surface area contributed by atoms with Gasteiger partial charge in [0.25, 0.3) is 0 Å². The lowest BCUT2D eigenvalue weighted by Gasteiger charge is -2.24. The van der Waals surface area contributed by atoms with Crippen LogP contribution in [0.1, 0.15) is 18.5 Å². The van der Waals surface area contributed by atoms with Crippen LogP contribution >= 0.6 is 0 Å². The van der Waals surface area contributed by atoms with Crippen LogP contribution in [0.3, 0.4) is 0 Å². The molecule has 1 saturated heterocycles. The largest absolute Gasteiger partial charge is 0.433 e. The molecule has 2 rings (SSSR count). The quantitative estimate of drug-likeness (QED) is 0.658. The van der Waals surface area contributed by atoms with Crippen molar-refractivity contribution in [1.82, 2.24) is 10.3 Å². The molecular formula is C11H13F3N4O2. The highest BCUT2D eigenvalue weighted by Crippen LogP contribution is 2.33. The lowest BCUT2D eigenvalue weighted by molar-refractivity contribution is -0.384. The molecule has 0 radical (unpaired) electrons. The summed E-state index contributed by atoms with van der Waals surface area (Å²) in [6.45, 7) is 1.45. The second kappa shape index (κ2) is 5.61. The van der Waals surface area contributed by atoms with E-state index >= 15 is 0 Å². The molecule has 1 fully saturated rings. The summed E-state index contributed by atoms with van der Waals surface area (Å²) in [4.78, 5) is 13.2. The molecule has 0 bridgehead atoms. The van der Waals surface area contributed by atoms with Crippen molar-refractivity contribution in [3.05, 3.63) is 28.1 Å². The van der Waals surface area contributed by atoms with E-state index in [0.29, 0.717) is 25.1 Å². The number of hydrogen-bond acceptors (Lipinski definition) is 5. The molecule has 2 N–H and O–H groups in total. The first-order chi connectivity index (χ1) is 9.38. The molecule has 9 heteroatoms. The van der Waals surface area contributed by atoms with E-state index in [1.165, 1.54) is 0 Å². The van der Waals surface area contributed by atoms with Gasteiger partial charge in [-0.2, -0.15) is 13.2 Å². The number of piperidine rings is 1. The monoisotopic (exact) mass is 290 g/mol. The first kappa shape index (κ1) is 14.5. The van der Waals surface area contributed by atoms with E-state index in [2.05, 4.69) is 15.6 Å². The summed E-state index contributed by atoms with van der Waals surface area (Å²) in [5, 5.41) is 16.8. The third kappa shape index (κ3) is 3.35. The van der Waals surface area contributed by atoms with Gasteiger partial charge < -0.3 is 10.6 Å². The van der Waals surface area contributed by atoms with Crippen LogP contribution in [0.4, 0.5) is 24.5 Å². The van der Waals surface area contributed by atoms with Gasteiger partial charge in [-0.15, -0.1) is 0 Å². The average molecular weight is 290 g/mol. The Balaban J connectivity index is 2.29. The predicted octanol–water partition coefficient (Wildman–Crippen LogP) is 2.17. The number of nitrogens with one attached hydrogen (secondary N) is 2. The van der Waals surface area contributed by atoms with Gasteiger partial charge in [-0.1, -0.05) is 0 Å². The Hall–Kier alpha value is -1.90. The van der Waals surface area contributed by atoms with Gasteiger partial charge >= 0.3 is 11.9 Å². The number of aromatic nitrogens is 1. The fraction of sp³-hybridized carbons (Fsp3) is 0.545. The standard InChI is InChI=1S/C11H13F3N4O2/c12-11(13,14)10-5-8(9(6-16-10)18(19)20)17-7-1-3-15-4-2-7/h5-7,15H,1-4H2,(H,16,17). The molecule has 110 valence electrons. The Morgan fingerprint density at radius 1 is 1.40 bits per heavy atom. The fourth-order valence-electron chi connectivity index (χ4n) is 2.05. The first-order valence-electron chi connectivity index (χ1n) is 6.07. The normalized spacial score (nSPS) is 16.9. The highest BCUT2D eigenvalue weighted by molar-refractivity contribution is 5.61. The number of nitrogens with zero attached hydrogens (tertiary/aromatic N) is 2. The zero-order chi connectivity index (χ0) is 14.8. The summed E-state index contributed by atoms with van der Waals surface area (Å²) >= 11 is 0. The maximum Gasteiger partial charge on any atom is 0.433 e. The SMILES string of the molecule is O=[N+]([O-])c1cnc(C(F)(F)F)cc1NC1CCNCC1. The molecule has 0 atom stereocenters. The number of nitro groups is 1. The maximum absolute atomic E-state index is 12.6. The molecule has 0 spiro atoms. The number of anilines is 1. The van der Waals surface area contributed by atoms with Crippen LogP contribution in [0.15, 0.2) is 12.3 Å². The Labute approximate surface area is 112 Å². The Morgan fingerprint density at radius 2 is 2.05 bits per heavy atom. The van der Waals surface area contributed by atoms with Gasteiger partial charge in [0.15, 0.2) is 0 Å². The van der Waals surface area contributed by atoms with Gasteiger partial charge in [0.2, 0.25) is 0 Å². The van der Waals surface area contributed by atoms with Crippen molar-refractivity contribution in [1.29, 1.82) is 0 Å². The number of alkyl halides is 3. The van der Waals surface area contributed by atoms with Crippen molar-refractivity contribution in [3.8, 4) is 0 Å². The summed E-state index contributed by atoms with van der Waals surface area (Å²) in [6.07, 6.45) is -2.59. The number of halogens is 3. The lowest BCUT2D eigenvalue weighted by atomic mass is 10.1. The second-order valence-corrected chi connectivity index (χ2v) is 4.51. The van der Waals surface area contributed by atoms with Crippen LogP contribution in [0.25, 0.3) is 0 Å². The van der Waals surface area contributed by atoms with Crippen molar-refractivity contribution < 1.29 is 18.1 Å². The Kier molecular flexibility index (Phi) is 4.07. The third-order valence-corrected chi connectivity index (χ3v) is 3.07. The van der Waals surface area contributed by atoms with E-state index in [-0.39, 0.29) is 11.7 Å². The van der Waals surface area contributed by atoms with Gasteiger partial charge in [-0.25, -0.2) is 4.98 Å². The molecule has 20 heavy (non-hydrogen) atoms. The van der Waals surface area contributed by atoms with Crippen LogP contribution in [-0.2, 0) is 6.18 Å². The highest BCUT2D eigenvalue weighted by Gasteiger charge is 2.34. The zero-order valence-electron chi connectivity index (χ0n) is 10.4. The molecule has 1 aliphatic heterocycles. The van der Waals surface area contributed by atoms with Gasteiger partial charge in [-0.3, -0.25) is 10.1 Å². The molecule has 0 unspecified atom stereocenters. The average Bonchev–Trinajstić information content (AvgIpc) is 2.38. The topological polar surface area (TPSA) is 80.1 Å². The lowest BCUT2D eigenvalue weighted by Crippen LogP contribution is -2.35. The predicted molar refractivity (Wildman–Crippen MR) is 65.4 cm³/mol. The first-order valence-corrected chi connectivity index (χ1v) is 6.07. The number of pyridine rings is 1. The zero-order valence-corrected chi connectivity index (χ0v) is 10.4. The molecule has 0 saturated carbocycles. The molecule has 2 heterocycles. The summed E-state index contributed by atoms with van der Waals surface area (Å²) in [5.41, 5.74) is -1.72. The van der Waals surface area contributed by atoms with Crippen molar-refractivity contribution in [3.63, 3.8) is 0 Å². The van der Waals surface area contributed by atoms with Crippen molar-refractivity contribution >= 4 is 11.4 Å². The Morgan fingerprint density at radius 3 is 2.60 bits per heavy atom. The third-order valence-electron chi connectivity index (χ3n) is 3.07. The van der Waals surface area contributed by atoms with Gasteiger partial charge in [0, 0.05) is 6.04 Å². The molecule has 1 aromatic heterocycles. The minimum absolute atomic E-state index is 0.0848. The van der Waals surface area contributed by atoms with Crippen molar-refractivity contribution in [2.24, 2.45) is 0 Å².